The van der Waals surface area contributed by atoms with Gasteiger partial charge in [-0.3, -0.25) is 0 Å². The zero-order valence-electron chi connectivity index (χ0n) is 16.9. The van der Waals surface area contributed by atoms with E-state index in [4.69, 9.17) is 9.47 Å². The number of esters is 2. The summed E-state index contributed by atoms with van der Waals surface area (Å²) in [5, 5.41) is 2.38. The molecule has 0 fully saturated rings. The van der Waals surface area contributed by atoms with Gasteiger partial charge in [0.25, 0.3) is 0 Å². The molecule has 0 saturated carbocycles. The van der Waals surface area contributed by atoms with Gasteiger partial charge in [0.15, 0.2) is 0 Å². The van der Waals surface area contributed by atoms with Crippen molar-refractivity contribution in [3.8, 4) is 5.75 Å². The van der Waals surface area contributed by atoms with Crippen LogP contribution in [0.3, 0.4) is 0 Å². The summed E-state index contributed by atoms with van der Waals surface area (Å²) in [5.41, 5.74) is 2.60. The first kappa shape index (κ1) is 20.2. The number of hydrogen-bond donors (Lipinski definition) is 0. The molecule has 0 bridgehead atoms. The average Bonchev–Trinajstić information content (AvgIpc) is 2.99. The fourth-order valence-electron chi connectivity index (χ4n) is 3.74. The number of rotatable bonds is 4. The molecule has 1 aromatic heterocycles. The lowest BCUT2D eigenvalue weighted by atomic mass is 10.0. The maximum atomic E-state index is 12.9. The molecule has 4 aromatic rings. The maximum absolute atomic E-state index is 12.9. The Balaban J connectivity index is 1.95. The van der Waals surface area contributed by atoms with Crippen LogP contribution in [-0.2, 0) is 11.8 Å². The number of ether oxygens (including phenoxy) is 2. The molecular formula is C24H20BrNO4. The molecule has 1 heterocycles. The lowest BCUT2D eigenvalue weighted by Crippen LogP contribution is -2.10. The number of carbonyl (C=O) groups is 2. The van der Waals surface area contributed by atoms with Gasteiger partial charge in [0.1, 0.15) is 5.75 Å². The summed E-state index contributed by atoms with van der Waals surface area (Å²) in [4.78, 5) is 25.5. The van der Waals surface area contributed by atoms with Crippen LogP contribution in [0.2, 0.25) is 0 Å². The molecular weight excluding hydrogens is 446 g/mol. The van der Waals surface area contributed by atoms with Gasteiger partial charge in [-0.25, -0.2) is 9.59 Å². The van der Waals surface area contributed by atoms with Crippen molar-refractivity contribution in [3.63, 3.8) is 0 Å². The van der Waals surface area contributed by atoms with Crippen molar-refractivity contribution in [1.29, 1.82) is 0 Å². The Kier molecular flexibility index (Phi) is 5.35. The van der Waals surface area contributed by atoms with Crippen LogP contribution < -0.4 is 4.74 Å². The average molecular weight is 466 g/mol. The fourth-order valence-corrected chi connectivity index (χ4v) is 4.18. The molecule has 0 N–H and O–H groups in total. The van der Waals surface area contributed by atoms with Gasteiger partial charge in [-0.05, 0) is 48.0 Å². The van der Waals surface area contributed by atoms with Crippen molar-refractivity contribution >= 4 is 49.5 Å². The summed E-state index contributed by atoms with van der Waals surface area (Å²) in [6, 6.07) is 16.5. The van der Waals surface area contributed by atoms with E-state index in [2.05, 4.69) is 15.9 Å². The van der Waals surface area contributed by atoms with Crippen molar-refractivity contribution in [2.75, 3.05) is 6.61 Å². The maximum Gasteiger partial charge on any atom is 0.344 e. The molecule has 0 unspecified atom stereocenters. The lowest BCUT2D eigenvalue weighted by Gasteiger charge is -2.11. The van der Waals surface area contributed by atoms with Crippen LogP contribution >= 0.6 is 15.9 Å². The molecule has 0 aliphatic heterocycles. The first-order chi connectivity index (χ1) is 14.4. The first-order valence-electron chi connectivity index (χ1n) is 9.58. The monoisotopic (exact) mass is 465 g/mol. The lowest BCUT2D eigenvalue weighted by molar-refractivity contribution is 0.0527. The molecule has 6 heteroatoms. The number of fused-ring (bicyclic) bond motifs is 3. The van der Waals surface area contributed by atoms with E-state index in [9.17, 15) is 9.59 Å². The normalized spacial score (nSPS) is 11.1. The Morgan fingerprint density at radius 3 is 2.33 bits per heavy atom. The van der Waals surface area contributed by atoms with E-state index in [0.29, 0.717) is 26.7 Å². The summed E-state index contributed by atoms with van der Waals surface area (Å²) in [7, 11) is 1.92. The number of carbonyl (C=O) groups excluding carboxylic acids is 2. The van der Waals surface area contributed by atoms with Crippen LogP contribution in [0.4, 0.5) is 0 Å². The molecule has 4 rings (SSSR count). The van der Waals surface area contributed by atoms with Crippen LogP contribution in [0.25, 0.3) is 21.7 Å². The highest BCUT2D eigenvalue weighted by atomic mass is 79.9. The van der Waals surface area contributed by atoms with E-state index in [-0.39, 0.29) is 12.6 Å². The van der Waals surface area contributed by atoms with Crippen molar-refractivity contribution in [3.05, 3.63) is 75.9 Å². The second-order valence-electron chi connectivity index (χ2n) is 6.93. The van der Waals surface area contributed by atoms with Crippen molar-refractivity contribution in [1.82, 2.24) is 4.57 Å². The van der Waals surface area contributed by atoms with Crippen molar-refractivity contribution < 1.29 is 19.1 Å². The van der Waals surface area contributed by atoms with Crippen molar-refractivity contribution in [2.45, 2.75) is 13.8 Å². The predicted molar refractivity (Wildman–Crippen MR) is 120 cm³/mol. The van der Waals surface area contributed by atoms with Gasteiger partial charge in [-0.2, -0.15) is 0 Å². The highest BCUT2D eigenvalue weighted by Crippen LogP contribution is 2.38. The third kappa shape index (κ3) is 3.27. The number of nitrogens with zero attached hydrogens (tertiary/aromatic N) is 1. The van der Waals surface area contributed by atoms with Crippen LogP contribution in [0.15, 0.2) is 59.1 Å². The van der Waals surface area contributed by atoms with E-state index in [1.165, 1.54) is 0 Å². The van der Waals surface area contributed by atoms with Crippen LogP contribution in [0, 0.1) is 6.92 Å². The van der Waals surface area contributed by atoms with Crippen LogP contribution in [0.1, 0.15) is 33.3 Å². The second kappa shape index (κ2) is 7.95. The fraction of sp³-hybridized carbons (Fsp3) is 0.167. The third-order valence-corrected chi connectivity index (χ3v) is 5.92. The van der Waals surface area contributed by atoms with E-state index in [0.717, 1.165) is 22.0 Å². The molecule has 0 atom stereocenters. The SMILES string of the molecule is CCOC(=O)c1c(C)n(C)c2c1cc(OC(=O)c1ccccc1Br)c1ccccc12. The third-order valence-electron chi connectivity index (χ3n) is 5.22. The van der Waals surface area contributed by atoms with E-state index in [1.807, 2.05) is 48.9 Å². The number of benzene rings is 3. The van der Waals surface area contributed by atoms with Crippen LogP contribution in [-0.4, -0.2) is 23.1 Å². The van der Waals surface area contributed by atoms with E-state index in [1.54, 1.807) is 31.2 Å². The summed E-state index contributed by atoms with van der Waals surface area (Å²) < 4.78 is 13.7. The Hall–Kier alpha value is -3.12. The Bertz CT molecular complexity index is 1310. The van der Waals surface area contributed by atoms with Gasteiger partial charge < -0.3 is 14.0 Å². The number of hydrogen-bond acceptors (Lipinski definition) is 4. The minimum atomic E-state index is -0.475. The molecule has 0 aliphatic carbocycles. The Morgan fingerprint density at radius 2 is 1.63 bits per heavy atom. The van der Waals surface area contributed by atoms with Gasteiger partial charge >= 0.3 is 11.9 Å². The largest absolute Gasteiger partial charge is 0.462 e. The minimum Gasteiger partial charge on any atom is -0.462 e. The van der Waals surface area contributed by atoms with Gasteiger partial charge in [0, 0.05) is 33.4 Å². The smallest absolute Gasteiger partial charge is 0.344 e. The molecule has 0 amide bonds. The van der Waals surface area contributed by atoms with Crippen LogP contribution in [0.5, 0.6) is 5.75 Å². The second-order valence-corrected chi connectivity index (χ2v) is 7.78. The van der Waals surface area contributed by atoms with Gasteiger partial charge in [-0.1, -0.05) is 36.4 Å². The standard InChI is InChI=1S/C24H20BrNO4/c1-4-29-24(28)21-14(2)26(3)22-16-10-6-5-9-15(16)20(13-18(21)22)30-23(27)17-11-7-8-12-19(17)25/h5-13H,4H2,1-3H3. The number of aryl methyl sites for hydroxylation is 1. The minimum absolute atomic E-state index is 0.284. The molecule has 152 valence electrons. The zero-order valence-corrected chi connectivity index (χ0v) is 18.4. The molecule has 0 radical (unpaired) electrons. The molecule has 0 saturated heterocycles. The van der Waals surface area contributed by atoms with E-state index < -0.39 is 5.97 Å². The molecule has 0 spiro atoms. The first-order valence-corrected chi connectivity index (χ1v) is 10.4. The number of aromatic nitrogens is 1. The topological polar surface area (TPSA) is 57.5 Å². The Labute approximate surface area is 182 Å². The summed E-state index contributed by atoms with van der Waals surface area (Å²) in [6.07, 6.45) is 0. The summed E-state index contributed by atoms with van der Waals surface area (Å²) in [6.45, 7) is 3.94. The van der Waals surface area contributed by atoms with E-state index >= 15 is 0 Å². The van der Waals surface area contributed by atoms with Gasteiger partial charge in [-0.15, -0.1) is 0 Å². The van der Waals surface area contributed by atoms with Gasteiger partial charge in [0.2, 0.25) is 0 Å². The molecule has 3 aromatic carbocycles. The predicted octanol–water partition coefficient (Wildman–Crippen LogP) is 5.80. The quantitative estimate of drug-likeness (QED) is 0.282. The van der Waals surface area contributed by atoms with Gasteiger partial charge in [0.05, 0.1) is 23.3 Å². The highest BCUT2D eigenvalue weighted by molar-refractivity contribution is 9.10. The molecule has 5 nitrogen and oxygen atoms in total. The number of halogens is 1. The zero-order chi connectivity index (χ0) is 21.4. The summed E-state index contributed by atoms with van der Waals surface area (Å²) >= 11 is 3.40. The van der Waals surface area contributed by atoms with Crippen molar-refractivity contribution in [2.24, 2.45) is 7.05 Å². The molecule has 0 aliphatic rings. The molecule has 30 heavy (non-hydrogen) atoms. The highest BCUT2D eigenvalue weighted by Gasteiger charge is 2.24. The summed E-state index contributed by atoms with van der Waals surface area (Å²) in [5.74, 6) is -0.466. The Morgan fingerprint density at radius 1 is 0.967 bits per heavy atom.